The summed E-state index contributed by atoms with van der Waals surface area (Å²) in [5.74, 6) is 0. The van der Waals surface area contributed by atoms with Crippen LogP contribution in [0.3, 0.4) is 0 Å². The van der Waals surface area contributed by atoms with E-state index >= 15 is 0 Å². The molecule has 1 aliphatic rings. The van der Waals surface area contributed by atoms with Gasteiger partial charge in [0.15, 0.2) is 0 Å². The van der Waals surface area contributed by atoms with Gasteiger partial charge in [0, 0.05) is 24.8 Å². The van der Waals surface area contributed by atoms with Crippen LogP contribution in [-0.2, 0) is 4.74 Å². The maximum atomic E-state index is 11.1. The third kappa shape index (κ3) is 2.18. The number of hydrogen-bond donors (Lipinski definition) is 0. The average molecular weight is 273 g/mol. The first-order valence-corrected chi connectivity index (χ1v) is 6.54. The number of nitro groups is 1. The van der Waals surface area contributed by atoms with Gasteiger partial charge in [-0.15, -0.1) is 0 Å². The molecule has 6 heteroatoms. The Morgan fingerprint density at radius 3 is 2.70 bits per heavy atom. The molecule has 0 saturated carbocycles. The van der Waals surface area contributed by atoms with Crippen LogP contribution in [0.2, 0.25) is 0 Å². The molecule has 6 nitrogen and oxygen atoms in total. The molecule has 0 unspecified atom stereocenters. The Labute approximate surface area is 116 Å². The minimum Gasteiger partial charge on any atom is -0.378 e. The molecular formula is C14H15N3O3. The van der Waals surface area contributed by atoms with Gasteiger partial charge < -0.3 is 9.64 Å². The zero-order valence-electron chi connectivity index (χ0n) is 11.2. The number of pyridine rings is 1. The lowest BCUT2D eigenvalue weighted by Gasteiger charge is -2.29. The van der Waals surface area contributed by atoms with Crippen molar-refractivity contribution in [3.8, 4) is 0 Å². The molecule has 0 N–H and O–H groups in total. The molecule has 2 aromatic rings. The third-order valence-corrected chi connectivity index (χ3v) is 3.50. The van der Waals surface area contributed by atoms with Gasteiger partial charge in [0.1, 0.15) is 5.52 Å². The summed E-state index contributed by atoms with van der Waals surface area (Å²) in [6.45, 7) is 4.79. The van der Waals surface area contributed by atoms with E-state index in [-0.39, 0.29) is 10.6 Å². The second-order valence-electron chi connectivity index (χ2n) is 4.81. The lowest BCUT2D eigenvalue weighted by atomic mass is 10.1. The summed E-state index contributed by atoms with van der Waals surface area (Å²) >= 11 is 0. The molecule has 0 aliphatic carbocycles. The zero-order valence-corrected chi connectivity index (χ0v) is 11.2. The van der Waals surface area contributed by atoms with Crippen LogP contribution in [0.15, 0.2) is 24.3 Å². The monoisotopic (exact) mass is 273 g/mol. The normalized spacial score (nSPS) is 15.6. The number of ether oxygens (including phenoxy) is 1. The first-order valence-electron chi connectivity index (χ1n) is 6.54. The highest BCUT2D eigenvalue weighted by atomic mass is 16.6. The minimum atomic E-state index is -0.359. The van der Waals surface area contributed by atoms with E-state index in [0.717, 1.165) is 24.5 Å². The fourth-order valence-electron chi connectivity index (χ4n) is 2.50. The van der Waals surface area contributed by atoms with E-state index in [1.807, 2.05) is 6.92 Å². The van der Waals surface area contributed by atoms with E-state index in [1.165, 1.54) is 0 Å². The number of morpholine rings is 1. The minimum absolute atomic E-state index is 0.101. The van der Waals surface area contributed by atoms with E-state index in [9.17, 15) is 10.1 Å². The van der Waals surface area contributed by atoms with Crippen molar-refractivity contribution in [2.24, 2.45) is 0 Å². The molecule has 1 aromatic carbocycles. The number of non-ortho nitro benzene ring substituents is 1. The summed E-state index contributed by atoms with van der Waals surface area (Å²) in [5.41, 5.74) is 2.59. The largest absolute Gasteiger partial charge is 0.378 e. The lowest BCUT2D eigenvalue weighted by molar-refractivity contribution is -0.383. The van der Waals surface area contributed by atoms with Crippen molar-refractivity contribution in [2.75, 3.05) is 31.2 Å². The van der Waals surface area contributed by atoms with Gasteiger partial charge in [0.05, 0.1) is 29.2 Å². The van der Waals surface area contributed by atoms with Crippen molar-refractivity contribution in [3.63, 3.8) is 0 Å². The Balaban J connectivity index is 2.19. The second-order valence-corrected chi connectivity index (χ2v) is 4.81. The van der Waals surface area contributed by atoms with Gasteiger partial charge in [-0.1, -0.05) is 0 Å². The van der Waals surface area contributed by atoms with Gasteiger partial charge in [0.25, 0.3) is 5.69 Å². The third-order valence-electron chi connectivity index (χ3n) is 3.50. The van der Waals surface area contributed by atoms with Crippen LogP contribution < -0.4 is 4.90 Å². The lowest BCUT2D eigenvalue weighted by Crippen LogP contribution is -2.36. The zero-order chi connectivity index (χ0) is 14.1. The van der Waals surface area contributed by atoms with Crippen LogP contribution in [0.4, 0.5) is 11.4 Å². The summed E-state index contributed by atoms with van der Waals surface area (Å²) in [6, 6.07) is 6.93. The van der Waals surface area contributed by atoms with Gasteiger partial charge in [0.2, 0.25) is 0 Å². The van der Waals surface area contributed by atoms with Gasteiger partial charge in [-0.25, -0.2) is 0 Å². The number of aromatic nitrogens is 1. The van der Waals surface area contributed by atoms with Gasteiger partial charge in [-0.3, -0.25) is 15.1 Å². The fraction of sp³-hybridized carbons (Fsp3) is 0.357. The highest BCUT2D eigenvalue weighted by molar-refractivity contribution is 5.97. The Morgan fingerprint density at radius 1 is 1.25 bits per heavy atom. The topological polar surface area (TPSA) is 68.5 Å². The maximum Gasteiger partial charge on any atom is 0.278 e. The predicted molar refractivity (Wildman–Crippen MR) is 76.2 cm³/mol. The van der Waals surface area contributed by atoms with E-state index in [0.29, 0.717) is 24.1 Å². The summed E-state index contributed by atoms with van der Waals surface area (Å²) in [7, 11) is 0. The SMILES string of the molecule is Cc1ccc2c([N+](=O)[O-])ccc(N3CCOCC3)c2n1. The summed E-state index contributed by atoms with van der Waals surface area (Å²) in [4.78, 5) is 17.4. The number of rotatable bonds is 2. The summed E-state index contributed by atoms with van der Waals surface area (Å²) in [5, 5.41) is 11.7. The smallest absolute Gasteiger partial charge is 0.278 e. The molecule has 1 fully saturated rings. The number of anilines is 1. The van der Waals surface area contributed by atoms with Crippen molar-refractivity contribution in [3.05, 3.63) is 40.1 Å². The Kier molecular flexibility index (Phi) is 3.23. The van der Waals surface area contributed by atoms with Gasteiger partial charge in [-0.2, -0.15) is 0 Å². The Morgan fingerprint density at radius 2 is 2.00 bits per heavy atom. The summed E-state index contributed by atoms with van der Waals surface area (Å²) in [6.07, 6.45) is 0. The van der Waals surface area contributed by atoms with E-state index in [1.54, 1.807) is 24.3 Å². The molecule has 104 valence electrons. The number of nitro benzene ring substituents is 1. The van der Waals surface area contributed by atoms with E-state index < -0.39 is 0 Å². The quantitative estimate of drug-likeness (QED) is 0.620. The first kappa shape index (κ1) is 12.8. The molecule has 0 atom stereocenters. The molecular weight excluding hydrogens is 258 g/mol. The molecule has 0 amide bonds. The number of benzene rings is 1. The fourth-order valence-corrected chi connectivity index (χ4v) is 2.50. The second kappa shape index (κ2) is 5.05. The van der Waals surface area contributed by atoms with Crippen LogP contribution in [0.25, 0.3) is 10.9 Å². The molecule has 20 heavy (non-hydrogen) atoms. The molecule has 1 aliphatic heterocycles. The highest BCUT2D eigenvalue weighted by Crippen LogP contribution is 2.32. The predicted octanol–water partition coefficient (Wildman–Crippen LogP) is 2.29. The Bertz CT molecular complexity index is 666. The maximum absolute atomic E-state index is 11.1. The van der Waals surface area contributed by atoms with Crippen LogP contribution in [-0.4, -0.2) is 36.2 Å². The van der Waals surface area contributed by atoms with Crippen LogP contribution in [0.5, 0.6) is 0 Å². The molecule has 0 bridgehead atoms. The number of nitrogens with zero attached hydrogens (tertiary/aromatic N) is 3. The highest BCUT2D eigenvalue weighted by Gasteiger charge is 2.20. The standard InChI is InChI=1S/C14H15N3O3/c1-10-2-3-11-12(17(18)19)4-5-13(14(11)15-10)16-6-8-20-9-7-16/h2-5H,6-9H2,1H3. The van der Waals surface area contributed by atoms with Crippen molar-refractivity contribution in [1.82, 2.24) is 4.98 Å². The van der Waals surface area contributed by atoms with Crippen LogP contribution in [0, 0.1) is 17.0 Å². The molecule has 0 radical (unpaired) electrons. The molecule has 1 saturated heterocycles. The molecule has 0 spiro atoms. The van der Waals surface area contributed by atoms with Crippen molar-refractivity contribution >= 4 is 22.3 Å². The van der Waals surface area contributed by atoms with Gasteiger partial charge >= 0.3 is 0 Å². The molecule has 1 aromatic heterocycles. The summed E-state index contributed by atoms with van der Waals surface area (Å²) < 4.78 is 5.35. The van der Waals surface area contributed by atoms with Crippen LogP contribution >= 0.6 is 0 Å². The average Bonchev–Trinajstić information content (AvgIpc) is 2.46. The Hall–Kier alpha value is -2.21. The van der Waals surface area contributed by atoms with Crippen molar-refractivity contribution < 1.29 is 9.66 Å². The van der Waals surface area contributed by atoms with Crippen LogP contribution in [0.1, 0.15) is 5.69 Å². The molecule has 2 heterocycles. The number of fused-ring (bicyclic) bond motifs is 1. The molecule has 3 rings (SSSR count). The number of aryl methyl sites for hydroxylation is 1. The van der Waals surface area contributed by atoms with Crippen molar-refractivity contribution in [2.45, 2.75) is 6.92 Å². The van der Waals surface area contributed by atoms with E-state index in [2.05, 4.69) is 9.88 Å². The van der Waals surface area contributed by atoms with Gasteiger partial charge in [-0.05, 0) is 25.1 Å². The number of hydrogen-bond acceptors (Lipinski definition) is 5. The van der Waals surface area contributed by atoms with E-state index in [4.69, 9.17) is 4.74 Å². The first-order chi connectivity index (χ1) is 9.66. The van der Waals surface area contributed by atoms with Crippen molar-refractivity contribution in [1.29, 1.82) is 0 Å².